The monoisotopic (exact) mass is 405 g/mol. The number of rotatable bonds is 5. The predicted octanol–water partition coefficient (Wildman–Crippen LogP) is 3.22. The van der Waals surface area contributed by atoms with E-state index in [2.05, 4.69) is 5.32 Å². The van der Waals surface area contributed by atoms with E-state index in [1.54, 1.807) is 4.90 Å². The van der Waals surface area contributed by atoms with E-state index in [-0.39, 0.29) is 36.1 Å². The second-order valence-corrected chi connectivity index (χ2v) is 8.01. The number of benzene rings is 2. The summed E-state index contributed by atoms with van der Waals surface area (Å²) < 4.78 is 0. The van der Waals surface area contributed by atoms with Gasteiger partial charge in [0.2, 0.25) is 17.7 Å². The molecule has 2 atom stereocenters. The van der Waals surface area contributed by atoms with E-state index in [9.17, 15) is 14.4 Å². The van der Waals surface area contributed by atoms with Crippen LogP contribution in [0, 0.1) is 5.92 Å². The van der Waals surface area contributed by atoms with Gasteiger partial charge in [-0.15, -0.1) is 0 Å². The SMILES string of the molecule is CCC(=O)N1CCc2cc(N3C[C@@H](C(=O)N[C@@H](C)c4ccccc4)CC3=O)ccc21. The van der Waals surface area contributed by atoms with Crippen LogP contribution in [-0.4, -0.2) is 30.8 Å². The third-order valence-electron chi connectivity index (χ3n) is 6.03. The van der Waals surface area contributed by atoms with Gasteiger partial charge in [-0.25, -0.2) is 0 Å². The normalized spacial score (nSPS) is 19.0. The van der Waals surface area contributed by atoms with Crippen LogP contribution in [-0.2, 0) is 20.8 Å². The predicted molar refractivity (Wildman–Crippen MR) is 116 cm³/mol. The average Bonchev–Trinajstić information content (AvgIpc) is 3.36. The van der Waals surface area contributed by atoms with Crippen LogP contribution < -0.4 is 15.1 Å². The van der Waals surface area contributed by atoms with E-state index in [4.69, 9.17) is 0 Å². The van der Waals surface area contributed by atoms with Crippen LogP contribution in [0.1, 0.15) is 43.9 Å². The standard InChI is InChI=1S/C24H27N3O3/c1-3-22(28)26-12-11-18-13-20(9-10-21(18)26)27-15-19(14-23(27)29)24(30)25-16(2)17-7-5-4-6-8-17/h4-10,13,16,19H,3,11-12,14-15H2,1-2H3,(H,25,30)/t16-,19-/m0/s1. The number of amides is 3. The molecule has 2 aliphatic rings. The zero-order valence-electron chi connectivity index (χ0n) is 17.4. The third-order valence-corrected chi connectivity index (χ3v) is 6.03. The fourth-order valence-electron chi connectivity index (χ4n) is 4.30. The van der Waals surface area contributed by atoms with E-state index in [1.165, 1.54) is 0 Å². The van der Waals surface area contributed by atoms with Gasteiger partial charge in [0.15, 0.2) is 0 Å². The van der Waals surface area contributed by atoms with Gasteiger partial charge in [-0.2, -0.15) is 0 Å². The number of carbonyl (C=O) groups is 3. The van der Waals surface area contributed by atoms with Crippen molar-refractivity contribution >= 4 is 29.1 Å². The summed E-state index contributed by atoms with van der Waals surface area (Å²) in [6, 6.07) is 15.5. The molecule has 0 bridgehead atoms. The van der Waals surface area contributed by atoms with Gasteiger partial charge in [0, 0.05) is 37.3 Å². The van der Waals surface area contributed by atoms with Gasteiger partial charge in [0.25, 0.3) is 0 Å². The highest BCUT2D eigenvalue weighted by Crippen LogP contribution is 2.34. The van der Waals surface area contributed by atoms with Gasteiger partial charge in [-0.1, -0.05) is 37.3 Å². The molecule has 1 saturated heterocycles. The Labute approximate surface area is 176 Å². The van der Waals surface area contributed by atoms with Crippen molar-refractivity contribution in [3.8, 4) is 0 Å². The lowest BCUT2D eigenvalue weighted by molar-refractivity contribution is -0.126. The number of hydrogen-bond acceptors (Lipinski definition) is 3. The highest BCUT2D eigenvalue weighted by Gasteiger charge is 2.36. The van der Waals surface area contributed by atoms with E-state index < -0.39 is 0 Å². The smallest absolute Gasteiger partial charge is 0.227 e. The Morgan fingerprint density at radius 1 is 1.17 bits per heavy atom. The summed E-state index contributed by atoms with van der Waals surface area (Å²) in [5.41, 5.74) is 3.85. The van der Waals surface area contributed by atoms with Crippen molar-refractivity contribution in [3.05, 3.63) is 59.7 Å². The van der Waals surface area contributed by atoms with Gasteiger partial charge in [0.05, 0.1) is 12.0 Å². The first kappa shape index (κ1) is 20.1. The Kier molecular flexibility index (Phi) is 5.57. The molecule has 6 heteroatoms. The van der Waals surface area contributed by atoms with Gasteiger partial charge < -0.3 is 15.1 Å². The highest BCUT2D eigenvalue weighted by atomic mass is 16.2. The van der Waals surface area contributed by atoms with Crippen LogP contribution in [0.5, 0.6) is 0 Å². The summed E-state index contributed by atoms with van der Waals surface area (Å²) in [4.78, 5) is 41.0. The first-order valence-corrected chi connectivity index (χ1v) is 10.6. The van der Waals surface area contributed by atoms with Gasteiger partial charge in [0.1, 0.15) is 0 Å². The van der Waals surface area contributed by atoms with E-state index in [1.807, 2.05) is 67.3 Å². The highest BCUT2D eigenvalue weighted by molar-refractivity contribution is 6.01. The molecule has 156 valence electrons. The molecule has 0 unspecified atom stereocenters. The largest absolute Gasteiger partial charge is 0.349 e. The number of carbonyl (C=O) groups excluding carboxylic acids is 3. The van der Waals surface area contributed by atoms with Crippen LogP contribution >= 0.6 is 0 Å². The summed E-state index contributed by atoms with van der Waals surface area (Å²) in [6.07, 6.45) is 1.48. The molecule has 3 amide bonds. The molecule has 30 heavy (non-hydrogen) atoms. The summed E-state index contributed by atoms with van der Waals surface area (Å²) in [7, 11) is 0. The Hall–Kier alpha value is -3.15. The van der Waals surface area contributed by atoms with Crippen LogP contribution in [0.25, 0.3) is 0 Å². The molecule has 6 nitrogen and oxygen atoms in total. The van der Waals surface area contributed by atoms with Crippen molar-refractivity contribution in [1.82, 2.24) is 5.32 Å². The van der Waals surface area contributed by atoms with E-state index in [0.717, 1.165) is 28.9 Å². The van der Waals surface area contributed by atoms with Crippen molar-refractivity contribution in [2.45, 2.75) is 39.2 Å². The Morgan fingerprint density at radius 2 is 1.93 bits per heavy atom. The second kappa shape index (κ2) is 8.30. The molecule has 2 heterocycles. The maximum absolute atomic E-state index is 12.8. The molecule has 2 aromatic rings. The van der Waals surface area contributed by atoms with Crippen molar-refractivity contribution < 1.29 is 14.4 Å². The lowest BCUT2D eigenvalue weighted by Gasteiger charge is -2.20. The number of nitrogens with one attached hydrogen (secondary N) is 1. The third kappa shape index (κ3) is 3.82. The Bertz CT molecular complexity index is 973. The second-order valence-electron chi connectivity index (χ2n) is 8.01. The fourth-order valence-corrected chi connectivity index (χ4v) is 4.30. The van der Waals surface area contributed by atoms with Crippen LogP contribution in [0.4, 0.5) is 11.4 Å². The number of nitrogens with zero attached hydrogens (tertiary/aromatic N) is 2. The lowest BCUT2D eigenvalue weighted by Crippen LogP contribution is -2.34. The first-order valence-electron chi connectivity index (χ1n) is 10.6. The topological polar surface area (TPSA) is 69.7 Å². The van der Waals surface area contributed by atoms with E-state index in [0.29, 0.717) is 19.5 Å². The molecule has 2 aliphatic heterocycles. The quantitative estimate of drug-likeness (QED) is 0.830. The van der Waals surface area contributed by atoms with Crippen molar-refractivity contribution in [2.24, 2.45) is 5.92 Å². The van der Waals surface area contributed by atoms with Gasteiger partial charge in [-0.3, -0.25) is 14.4 Å². The Morgan fingerprint density at radius 3 is 2.67 bits per heavy atom. The molecule has 1 N–H and O–H groups in total. The molecular weight excluding hydrogens is 378 g/mol. The van der Waals surface area contributed by atoms with Gasteiger partial charge >= 0.3 is 0 Å². The number of anilines is 2. The van der Waals surface area contributed by atoms with Crippen molar-refractivity contribution in [3.63, 3.8) is 0 Å². The van der Waals surface area contributed by atoms with Crippen LogP contribution in [0.15, 0.2) is 48.5 Å². The summed E-state index contributed by atoms with van der Waals surface area (Å²) in [5.74, 6) is -0.386. The maximum Gasteiger partial charge on any atom is 0.227 e. The zero-order valence-corrected chi connectivity index (χ0v) is 17.4. The summed E-state index contributed by atoms with van der Waals surface area (Å²) >= 11 is 0. The van der Waals surface area contributed by atoms with Crippen molar-refractivity contribution in [2.75, 3.05) is 22.9 Å². The molecular formula is C24H27N3O3. The molecule has 0 aromatic heterocycles. The zero-order chi connectivity index (χ0) is 21.3. The molecule has 2 aromatic carbocycles. The minimum Gasteiger partial charge on any atom is -0.349 e. The van der Waals surface area contributed by atoms with Crippen molar-refractivity contribution in [1.29, 1.82) is 0 Å². The number of fused-ring (bicyclic) bond motifs is 1. The fraction of sp³-hybridized carbons (Fsp3) is 0.375. The minimum atomic E-state index is -0.366. The maximum atomic E-state index is 12.8. The van der Waals surface area contributed by atoms with E-state index >= 15 is 0 Å². The Balaban J connectivity index is 1.44. The molecule has 0 radical (unpaired) electrons. The summed E-state index contributed by atoms with van der Waals surface area (Å²) in [6.45, 7) is 4.87. The molecule has 1 fully saturated rings. The lowest BCUT2D eigenvalue weighted by atomic mass is 10.1. The minimum absolute atomic E-state index is 0.0399. The molecule has 0 saturated carbocycles. The van der Waals surface area contributed by atoms with Crippen LogP contribution in [0.2, 0.25) is 0 Å². The number of hydrogen-bond donors (Lipinski definition) is 1. The molecule has 4 rings (SSSR count). The first-order chi connectivity index (χ1) is 14.5. The molecule has 0 aliphatic carbocycles. The average molecular weight is 405 g/mol. The van der Waals surface area contributed by atoms with Gasteiger partial charge in [-0.05, 0) is 42.7 Å². The summed E-state index contributed by atoms with van der Waals surface area (Å²) in [5, 5.41) is 3.04. The van der Waals surface area contributed by atoms with Crippen LogP contribution in [0.3, 0.4) is 0 Å². The molecule has 0 spiro atoms.